The summed E-state index contributed by atoms with van der Waals surface area (Å²) in [6.45, 7) is 1.88. The second-order valence-corrected chi connectivity index (χ2v) is 6.37. The number of amides is 1. The standard InChI is InChI=1S/C12H14BrIN2O/c1-7(12(17)16-9-3-4-9)15-11-5-2-8(14)6-10(11)13/h2,5-7,9,15H,3-4H2,1H3,(H,16,17). The van der Waals surface area contributed by atoms with Crippen molar-refractivity contribution in [1.82, 2.24) is 5.32 Å². The van der Waals surface area contributed by atoms with Gasteiger partial charge in [-0.3, -0.25) is 4.79 Å². The highest BCUT2D eigenvalue weighted by atomic mass is 127. The van der Waals surface area contributed by atoms with Crippen molar-refractivity contribution >= 4 is 50.1 Å². The van der Waals surface area contributed by atoms with Gasteiger partial charge in [-0.15, -0.1) is 0 Å². The molecule has 1 fully saturated rings. The maximum absolute atomic E-state index is 11.8. The van der Waals surface area contributed by atoms with Crippen molar-refractivity contribution in [3.63, 3.8) is 0 Å². The van der Waals surface area contributed by atoms with Crippen molar-refractivity contribution in [3.05, 3.63) is 26.2 Å². The molecule has 5 heteroatoms. The number of anilines is 1. The lowest BCUT2D eigenvalue weighted by Crippen LogP contribution is -2.38. The van der Waals surface area contributed by atoms with Gasteiger partial charge >= 0.3 is 0 Å². The zero-order chi connectivity index (χ0) is 12.4. The number of nitrogens with one attached hydrogen (secondary N) is 2. The zero-order valence-electron chi connectivity index (χ0n) is 9.47. The van der Waals surface area contributed by atoms with Crippen molar-refractivity contribution < 1.29 is 4.79 Å². The molecule has 0 aliphatic heterocycles. The molecule has 1 saturated carbocycles. The van der Waals surface area contributed by atoms with Crippen LogP contribution < -0.4 is 10.6 Å². The monoisotopic (exact) mass is 408 g/mol. The Hall–Kier alpha value is -0.300. The minimum atomic E-state index is -0.216. The molecule has 0 spiro atoms. The molecule has 0 heterocycles. The first-order valence-corrected chi connectivity index (χ1v) is 7.45. The summed E-state index contributed by atoms with van der Waals surface area (Å²) < 4.78 is 2.14. The van der Waals surface area contributed by atoms with Crippen LogP contribution in [-0.2, 0) is 4.79 Å². The molecule has 1 atom stereocenters. The van der Waals surface area contributed by atoms with Gasteiger partial charge in [-0.1, -0.05) is 0 Å². The fourth-order valence-electron chi connectivity index (χ4n) is 1.46. The molecule has 17 heavy (non-hydrogen) atoms. The maximum Gasteiger partial charge on any atom is 0.242 e. The molecule has 1 aliphatic carbocycles. The van der Waals surface area contributed by atoms with E-state index < -0.39 is 0 Å². The summed E-state index contributed by atoms with van der Waals surface area (Å²) in [4.78, 5) is 11.8. The normalized spacial score (nSPS) is 16.4. The van der Waals surface area contributed by atoms with Crippen molar-refractivity contribution in [2.24, 2.45) is 0 Å². The molecule has 1 aromatic rings. The molecule has 0 bridgehead atoms. The first kappa shape index (κ1) is 13.1. The van der Waals surface area contributed by atoms with Gasteiger partial charge < -0.3 is 10.6 Å². The number of carbonyl (C=O) groups excluding carboxylic acids is 1. The maximum atomic E-state index is 11.8. The Labute approximate surface area is 123 Å². The predicted octanol–water partition coefficient (Wildman–Crippen LogP) is 3.13. The number of hydrogen-bond donors (Lipinski definition) is 2. The fraction of sp³-hybridized carbons (Fsp3) is 0.417. The Bertz CT molecular complexity index is 435. The lowest BCUT2D eigenvalue weighted by atomic mass is 10.2. The number of rotatable bonds is 4. The highest BCUT2D eigenvalue weighted by molar-refractivity contribution is 14.1. The van der Waals surface area contributed by atoms with E-state index in [4.69, 9.17) is 0 Å². The SMILES string of the molecule is CC(Nc1ccc(I)cc1Br)C(=O)NC1CC1. The molecule has 1 amide bonds. The Morgan fingerprint density at radius 3 is 2.82 bits per heavy atom. The van der Waals surface area contributed by atoms with Crippen LogP contribution in [0.25, 0.3) is 0 Å². The van der Waals surface area contributed by atoms with Crippen molar-refractivity contribution in [3.8, 4) is 0 Å². The van der Waals surface area contributed by atoms with E-state index in [0.717, 1.165) is 26.6 Å². The zero-order valence-corrected chi connectivity index (χ0v) is 13.2. The number of benzene rings is 1. The first-order valence-electron chi connectivity index (χ1n) is 5.58. The average Bonchev–Trinajstić information content (AvgIpc) is 3.06. The van der Waals surface area contributed by atoms with Crippen LogP contribution in [0.4, 0.5) is 5.69 Å². The lowest BCUT2D eigenvalue weighted by Gasteiger charge is -2.16. The molecule has 92 valence electrons. The van der Waals surface area contributed by atoms with Gasteiger partial charge in [0.05, 0.1) is 0 Å². The summed E-state index contributed by atoms with van der Waals surface area (Å²) in [5.74, 6) is 0.0675. The van der Waals surface area contributed by atoms with Crippen LogP contribution in [0.3, 0.4) is 0 Å². The largest absolute Gasteiger partial charge is 0.373 e. The summed E-state index contributed by atoms with van der Waals surface area (Å²) >= 11 is 5.75. The highest BCUT2D eigenvalue weighted by Crippen LogP contribution is 2.25. The Morgan fingerprint density at radius 2 is 2.24 bits per heavy atom. The van der Waals surface area contributed by atoms with E-state index in [0.29, 0.717) is 6.04 Å². The molecule has 0 saturated heterocycles. The molecule has 0 radical (unpaired) electrons. The quantitative estimate of drug-likeness (QED) is 0.751. The predicted molar refractivity (Wildman–Crippen MR) is 81.1 cm³/mol. The van der Waals surface area contributed by atoms with E-state index in [1.54, 1.807) is 0 Å². The van der Waals surface area contributed by atoms with Crippen LogP contribution in [0.15, 0.2) is 22.7 Å². The van der Waals surface area contributed by atoms with E-state index >= 15 is 0 Å². The fourth-order valence-corrected chi connectivity index (χ4v) is 2.87. The molecule has 2 rings (SSSR count). The number of carbonyl (C=O) groups is 1. The molecular weight excluding hydrogens is 395 g/mol. The smallest absolute Gasteiger partial charge is 0.242 e. The lowest BCUT2D eigenvalue weighted by molar-refractivity contribution is -0.121. The summed E-state index contributed by atoms with van der Waals surface area (Å²) in [6.07, 6.45) is 2.23. The third-order valence-electron chi connectivity index (χ3n) is 2.62. The molecular formula is C12H14BrIN2O. The van der Waals surface area contributed by atoms with Gasteiger partial charge in [0.25, 0.3) is 0 Å². The van der Waals surface area contributed by atoms with Crippen LogP contribution in [-0.4, -0.2) is 18.0 Å². The van der Waals surface area contributed by atoms with Crippen LogP contribution in [0, 0.1) is 3.57 Å². The Balaban J connectivity index is 1.96. The van der Waals surface area contributed by atoms with Crippen molar-refractivity contribution in [1.29, 1.82) is 0 Å². The van der Waals surface area contributed by atoms with E-state index in [1.165, 1.54) is 0 Å². The van der Waals surface area contributed by atoms with Gasteiger partial charge in [-0.05, 0) is 76.5 Å². The summed E-state index contributed by atoms with van der Waals surface area (Å²) in [7, 11) is 0. The first-order chi connectivity index (χ1) is 8.06. The molecule has 1 aliphatic rings. The van der Waals surface area contributed by atoms with Crippen LogP contribution >= 0.6 is 38.5 Å². The second-order valence-electron chi connectivity index (χ2n) is 4.27. The molecule has 0 aromatic heterocycles. The van der Waals surface area contributed by atoms with E-state index in [2.05, 4.69) is 49.2 Å². The summed E-state index contributed by atoms with van der Waals surface area (Å²) in [5, 5.41) is 6.19. The summed E-state index contributed by atoms with van der Waals surface area (Å²) in [6, 6.07) is 6.21. The van der Waals surface area contributed by atoms with Crippen LogP contribution in [0.5, 0.6) is 0 Å². The van der Waals surface area contributed by atoms with Gasteiger partial charge in [0.1, 0.15) is 6.04 Å². The minimum absolute atomic E-state index is 0.0675. The molecule has 2 N–H and O–H groups in total. The number of halogens is 2. The van der Waals surface area contributed by atoms with Gasteiger partial charge in [-0.2, -0.15) is 0 Å². The van der Waals surface area contributed by atoms with Crippen LogP contribution in [0.2, 0.25) is 0 Å². The number of hydrogen-bond acceptors (Lipinski definition) is 2. The molecule has 1 unspecified atom stereocenters. The molecule has 1 aromatic carbocycles. The van der Waals surface area contributed by atoms with Gasteiger partial charge in [0, 0.05) is 19.8 Å². The minimum Gasteiger partial charge on any atom is -0.373 e. The molecule has 3 nitrogen and oxygen atoms in total. The van der Waals surface area contributed by atoms with E-state index in [-0.39, 0.29) is 11.9 Å². The topological polar surface area (TPSA) is 41.1 Å². The van der Waals surface area contributed by atoms with Gasteiger partial charge in [-0.25, -0.2) is 0 Å². The Kier molecular flexibility index (Phi) is 4.30. The van der Waals surface area contributed by atoms with Crippen molar-refractivity contribution in [2.45, 2.75) is 31.8 Å². The van der Waals surface area contributed by atoms with E-state index in [9.17, 15) is 4.79 Å². The third-order valence-corrected chi connectivity index (χ3v) is 3.95. The van der Waals surface area contributed by atoms with Crippen molar-refractivity contribution in [2.75, 3.05) is 5.32 Å². The van der Waals surface area contributed by atoms with E-state index in [1.807, 2.05) is 25.1 Å². The highest BCUT2D eigenvalue weighted by Gasteiger charge is 2.25. The Morgan fingerprint density at radius 1 is 1.53 bits per heavy atom. The average molecular weight is 409 g/mol. The second kappa shape index (κ2) is 5.56. The summed E-state index contributed by atoms with van der Waals surface area (Å²) in [5.41, 5.74) is 0.948. The van der Waals surface area contributed by atoms with Gasteiger partial charge in [0.2, 0.25) is 5.91 Å². The van der Waals surface area contributed by atoms with Gasteiger partial charge in [0.15, 0.2) is 0 Å². The van der Waals surface area contributed by atoms with Crippen LogP contribution in [0.1, 0.15) is 19.8 Å². The third kappa shape index (κ3) is 3.84.